The maximum atomic E-state index is 12.0. The van der Waals surface area contributed by atoms with E-state index in [1.807, 2.05) is 19.1 Å². The van der Waals surface area contributed by atoms with Gasteiger partial charge in [-0.15, -0.1) is 0 Å². The van der Waals surface area contributed by atoms with Crippen LogP contribution in [-0.2, 0) is 11.2 Å². The van der Waals surface area contributed by atoms with Crippen molar-refractivity contribution >= 4 is 23.5 Å². The molecule has 0 spiro atoms. The molecule has 2 aromatic heterocycles. The molecule has 0 unspecified atom stereocenters. The average Bonchev–Trinajstić information content (AvgIpc) is 3.37. The second-order valence-corrected chi connectivity index (χ2v) is 7.39. The summed E-state index contributed by atoms with van der Waals surface area (Å²) in [5.74, 6) is 1.68. The molecule has 3 amide bonds. The first-order valence-corrected chi connectivity index (χ1v) is 9.63. The first-order valence-electron chi connectivity index (χ1n) is 9.26. The number of halogens is 1. The number of H-pyrrole nitrogens is 1. The van der Waals surface area contributed by atoms with Crippen LogP contribution in [0.15, 0.2) is 34.9 Å². The lowest BCUT2D eigenvalue weighted by atomic mass is 10.1. The molecular weight excluding hydrogens is 394 g/mol. The van der Waals surface area contributed by atoms with Crippen LogP contribution in [0.25, 0.3) is 22.8 Å². The van der Waals surface area contributed by atoms with Crippen molar-refractivity contribution in [3.05, 3.63) is 47.1 Å². The van der Waals surface area contributed by atoms with Crippen molar-refractivity contribution in [2.24, 2.45) is 0 Å². The number of hydrogen-bond acceptors (Lipinski definition) is 5. The number of likely N-dealkylation sites (N-methyl/N-ethyl adjacent to an activating group) is 1. The molecular formula is C20H20ClN5O3. The van der Waals surface area contributed by atoms with Crippen molar-refractivity contribution in [2.75, 3.05) is 20.1 Å². The molecule has 150 valence electrons. The van der Waals surface area contributed by atoms with Crippen LogP contribution in [0, 0.1) is 6.92 Å². The van der Waals surface area contributed by atoms with E-state index in [0.717, 1.165) is 11.4 Å². The Labute approximate surface area is 172 Å². The van der Waals surface area contributed by atoms with Gasteiger partial charge in [-0.25, -0.2) is 14.8 Å². The zero-order valence-corrected chi connectivity index (χ0v) is 16.9. The first-order chi connectivity index (χ1) is 13.9. The summed E-state index contributed by atoms with van der Waals surface area (Å²) in [6, 6.07) is 7.09. The standard InChI is InChI=1S/C20H20ClN5O3/c1-12-22-10-15(23-12)19-24-18(13-5-7-14(21)8-6-13)16(29-19)4-3-9-26-17(27)11-25(2)20(26)28/h5-8,10H,3-4,9,11H2,1-2H3,(H,22,23). The lowest BCUT2D eigenvalue weighted by Gasteiger charge is -2.13. The number of carbonyl (C=O) groups is 2. The first kappa shape index (κ1) is 19.2. The molecule has 9 heteroatoms. The summed E-state index contributed by atoms with van der Waals surface area (Å²) in [5, 5.41) is 0.636. The van der Waals surface area contributed by atoms with Crippen LogP contribution in [-0.4, -0.2) is 56.8 Å². The maximum absolute atomic E-state index is 12.0. The molecule has 3 aromatic rings. The van der Waals surface area contributed by atoms with E-state index in [1.165, 1.54) is 9.80 Å². The lowest BCUT2D eigenvalue weighted by molar-refractivity contribution is -0.125. The molecule has 1 saturated heterocycles. The lowest BCUT2D eigenvalue weighted by Crippen LogP contribution is -2.32. The summed E-state index contributed by atoms with van der Waals surface area (Å²) in [6.45, 7) is 2.31. The summed E-state index contributed by atoms with van der Waals surface area (Å²) >= 11 is 6.01. The second kappa shape index (κ2) is 7.71. The van der Waals surface area contributed by atoms with Gasteiger partial charge in [0.2, 0.25) is 11.8 Å². The van der Waals surface area contributed by atoms with Crippen molar-refractivity contribution in [1.82, 2.24) is 24.8 Å². The third kappa shape index (κ3) is 3.88. The molecule has 0 bridgehead atoms. The van der Waals surface area contributed by atoms with E-state index >= 15 is 0 Å². The Kier molecular flexibility index (Phi) is 5.10. The molecule has 29 heavy (non-hydrogen) atoms. The Hall–Kier alpha value is -3.13. The van der Waals surface area contributed by atoms with E-state index in [1.54, 1.807) is 25.4 Å². The SMILES string of the molecule is Cc1nc(-c2nc(-c3ccc(Cl)cc3)c(CCCN3C(=O)CN(C)C3=O)o2)c[nH]1. The number of aryl methyl sites for hydroxylation is 2. The van der Waals surface area contributed by atoms with Crippen LogP contribution in [0.5, 0.6) is 0 Å². The predicted octanol–water partition coefficient (Wildman–Crippen LogP) is 3.52. The Bertz CT molecular complexity index is 1060. The van der Waals surface area contributed by atoms with Gasteiger partial charge in [0.25, 0.3) is 0 Å². The zero-order chi connectivity index (χ0) is 20.5. The Morgan fingerprint density at radius 3 is 2.59 bits per heavy atom. The van der Waals surface area contributed by atoms with Crippen LogP contribution >= 0.6 is 11.6 Å². The summed E-state index contributed by atoms with van der Waals surface area (Å²) in [6.07, 6.45) is 2.84. The van der Waals surface area contributed by atoms with Crippen LogP contribution in [0.1, 0.15) is 18.0 Å². The van der Waals surface area contributed by atoms with Crippen molar-refractivity contribution in [3.8, 4) is 22.8 Å². The summed E-state index contributed by atoms with van der Waals surface area (Å²) in [5.41, 5.74) is 2.20. The fourth-order valence-electron chi connectivity index (χ4n) is 3.28. The van der Waals surface area contributed by atoms with Gasteiger partial charge >= 0.3 is 6.03 Å². The highest BCUT2D eigenvalue weighted by molar-refractivity contribution is 6.30. The number of nitrogens with one attached hydrogen (secondary N) is 1. The average molecular weight is 414 g/mol. The van der Waals surface area contributed by atoms with Crippen LogP contribution in [0.2, 0.25) is 5.02 Å². The minimum Gasteiger partial charge on any atom is -0.439 e. The number of imide groups is 1. The molecule has 0 aliphatic carbocycles. The van der Waals surface area contributed by atoms with Gasteiger partial charge in [0.05, 0.1) is 0 Å². The van der Waals surface area contributed by atoms with E-state index in [0.29, 0.717) is 47.4 Å². The molecule has 4 rings (SSSR count). The topological polar surface area (TPSA) is 95.3 Å². The maximum Gasteiger partial charge on any atom is 0.326 e. The van der Waals surface area contributed by atoms with E-state index in [2.05, 4.69) is 15.0 Å². The van der Waals surface area contributed by atoms with Gasteiger partial charge in [-0.1, -0.05) is 23.7 Å². The molecule has 1 fully saturated rings. The number of amides is 3. The van der Waals surface area contributed by atoms with Crippen LogP contribution in [0.3, 0.4) is 0 Å². The van der Waals surface area contributed by atoms with Gasteiger partial charge in [-0.3, -0.25) is 9.69 Å². The molecule has 3 heterocycles. The number of benzene rings is 1. The Morgan fingerprint density at radius 2 is 1.97 bits per heavy atom. The smallest absolute Gasteiger partial charge is 0.326 e. The molecule has 1 N–H and O–H groups in total. The van der Waals surface area contributed by atoms with Gasteiger partial charge in [-0.2, -0.15) is 0 Å². The van der Waals surface area contributed by atoms with Crippen molar-refractivity contribution in [2.45, 2.75) is 19.8 Å². The molecule has 1 aliphatic heterocycles. The number of rotatable bonds is 6. The minimum absolute atomic E-state index is 0.125. The molecule has 0 radical (unpaired) electrons. The highest BCUT2D eigenvalue weighted by Crippen LogP contribution is 2.30. The monoisotopic (exact) mass is 413 g/mol. The Balaban J connectivity index is 1.57. The summed E-state index contributed by atoms with van der Waals surface area (Å²) in [7, 11) is 1.62. The van der Waals surface area contributed by atoms with Gasteiger partial charge < -0.3 is 14.3 Å². The van der Waals surface area contributed by atoms with Crippen molar-refractivity contribution < 1.29 is 14.0 Å². The Morgan fingerprint density at radius 1 is 1.21 bits per heavy atom. The number of hydrogen-bond donors (Lipinski definition) is 1. The highest BCUT2D eigenvalue weighted by Gasteiger charge is 2.33. The third-order valence-corrected chi connectivity index (χ3v) is 5.01. The zero-order valence-electron chi connectivity index (χ0n) is 16.1. The van der Waals surface area contributed by atoms with E-state index < -0.39 is 0 Å². The number of urea groups is 1. The van der Waals surface area contributed by atoms with E-state index in [4.69, 9.17) is 16.0 Å². The van der Waals surface area contributed by atoms with Crippen LogP contribution < -0.4 is 0 Å². The quantitative estimate of drug-likeness (QED) is 0.624. The van der Waals surface area contributed by atoms with Crippen LogP contribution in [0.4, 0.5) is 4.79 Å². The van der Waals surface area contributed by atoms with Gasteiger partial charge in [-0.05, 0) is 25.5 Å². The van der Waals surface area contributed by atoms with Crippen molar-refractivity contribution in [3.63, 3.8) is 0 Å². The molecule has 1 aliphatic rings. The fourth-order valence-corrected chi connectivity index (χ4v) is 3.40. The van der Waals surface area contributed by atoms with Gasteiger partial charge in [0.15, 0.2) is 0 Å². The third-order valence-electron chi connectivity index (χ3n) is 4.76. The van der Waals surface area contributed by atoms with E-state index in [9.17, 15) is 9.59 Å². The van der Waals surface area contributed by atoms with Gasteiger partial charge in [0.1, 0.15) is 29.5 Å². The number of imidazole rings is 1. The number of nitrogens with zero attached hydrogens (tertiary/aromatic N) is 4. The summed E-state index contributed by atoms with van der Waals surface area (Å²) in [4.78, 5) is 38.7. The number of aromatic amines is 1. The molecule has 0 saturated carbocycles. The normalized spacial score (nSPS) is 14.3. The highest BCUT2D eigenvalue weighted by atomic mass is 35.5. The second-order valence-electron chi connectivity index (χ2n) is 6.96. The molecule has 1 aromatic carbocycles. The van der Waals surface area contributed by atoms with E-state index in [-0.39, 0.29) is 18.5 Å². The molecule has 0 atom stereocenters. The number of carbonyl (C=O) groups excluding carboxylic acids is 2. The number of oxazole rings is 1. The number of aromatic nitrogens is 3. The molecule has 8 nitrogen and oxygen atoms in total. The van der Waals surface area contributed by atoms with Crippen molar-refractivity contribution in [1.29, 1.82) is 0 Å². The minimum atomic E-state index is -0.266. The van der Waals surface area contributed by atoms with Gasteiger partial charge in [0, 0.05) is 36.8 Å². The largest absolute Gasteiger partial charge is 0.439 e. The predicted molar refractivity (Wildman–Crippen MR) is 107 cm³/mol. The summed E-state index contributed by atoms with van der Waals surface area (Å²) < 4.78 is 6.01. The fraction of sp³-hybridized carbons (Fsp3) is 0.300.